The van der Waals surface area contributed by atoms with Crippen molar-refractivity contribution in [1.82, 2.24) is 4.90 Å². The standard InChI is InChI=1S/C24H30N2O3S/c1-16(13-19-11-12-21-20(14-19)25-22(30)17(2)28-21)26(23(27)29-24(3,4)5)15-18-9-7-6-8-10-18/h6-12,14,16-17H,13,15H2,1-5H3,(H,25,30). The predicted octanol–water partition coefficient (Wildman–Crippen LogP) is 5.58. The molecule has 0 spiro atoms. The molecule has 6 heteroatoms. The molecule has 0 bridgehead atoms. The van der Waals surface area contributed by atoms with E-state index in [4.69, 9.17) is 21.7 Å². The van der Waals surface area contributed by atoms with Crippen LogP contribution in [0.15, 0.2) is 48.5 Å². The first-order chi connectivity index (χ1) is 14.1. The minimum Gasteiger partial charge on any atom is -0.481 e. The van der Waals surface area contributed by atoms with E-state index in [0.717, 1.165) is 22.6 Å². The van der Waals surface area contributed by atoms with Crippen molar-refractivity contribution in [2.45, 2.75) is 65.3 Å². The van der Waals surface area contributed by atoms with Gasteiger partial charge in [0.25, 0.3) is 0 Å². The van der Waals surface area contributed by atoms with E-state index >= 15 is 0 Å². The molecule has 2 aromatic carbocycles. The van der Waals surface area contributed by atoms with Gasteiger partial charge in [0.15, 0.2) is 0 Å². The van der Waals surface area contributed by atoms with E-state index in [0.29, 0.717) is 18.0 Å². The van der Waals surface area contributed by atoms with Gasteiger partial charge in [0.1, 0.15) is 22.4 Å². The maximum Gasteiger partial charge on any atom is 0.410 e. The highest BCUT2D eigenvalue weighted by Gasteiger charge is 2.27. The van der Waals surface area contributed by atoms with Gasteiger partial charge in [-0.1, -0.05) is 48.6 Å². The van der Waals surface area contributed by atoms with Crippen molar-refractivity contribution in [3.05, 3.63) is 59.7 Å². The van der Waals surface area contributed by atoms with Crippen LogP contribution in [0.25, 0.3) is 0 Å². The number of hydrogen-bond acceptors (Lipinski definition) is 4. The third kappa shape index (κ3) is 5.72. The van der Waals surface area contributed by atoms with E-state index in [-0.39, 0.29) is 18.2 Å². The van der Waals surface area contributed by atoms with E-state index < -0.39 is 5.60 Å². The highest BCUT2D eigenvalue weighted by molar-refractivity contribution is 7.80. The molecule has 0 aromatic heterocycles. The molecule has 30 heavy (non-hydrogen) atoms. The number of carbonyl (C=O) groups is 1. The fraction of sp³-hybridized carbons (Fsp3) is 0.417. The van der Waals surface area contributed by atoms with Crippen LogP contribution in [-0.2, 0) is 17.7 Å². The lowest BCUT2D eigenvalue weighted by Crippen LogP contribution is -2.42. The van der Waals surface area contributed by atoms with E-state index in [1.54, 1.807) is 4.90 Å². The van der Waals surface area contributed by atoms with Gasteiger partial charge < -0.3 is 19.7 Å². The molecule has 2 unspecified atom stereocenters. The molecule has 2 aromatic rings. The third-order valence-corrected chi connectivity index (χ3v) is 5.30. The van der Waals surface area contributed by atoms with Crippen molar-refractivity contribution in [3.8, 4) is 5.75 Å². The fourth-order valence-corrected chi connectivity index (χ4v) is 3.49. The Balaban J connectivity index is 1.79. The van der Waals surface area contributed by atoms with Gasteiger partial charge in [0.2, 0.25) is 0 Å². The molecule has 1 aliphatic heterocycles. The minimum atomic E-state index is -0.550. The van der Waals surface area contributed by atoms with Gasteiger partial charge in [-0.2, -0.15) is 0 Å². The maximum absolute atomic E-state index is 13.0. The Hall–Kier alpha value is -2.60. The molecule has 0 aliphatic carbocycles. The Morgan fingerprint density at radius 2 is 1.90 bits per heavy atom. The molecule has 0 saturated carbocycles. The number of ether oxygens (including phenoxy) is 2. The van der Waals surface area contributed by atoms with Gasteiger partial charge in [-0.3, -0.25) is 0 Å². The average Bonchev–Trinajstić information content (AvgIpc) is 2.66. The number of amides is 1. The minimum absolute atomic E-state index is 0.0616. The zero-order valence-corrected chi connectivity index (χ0v) is 19.1. The van der Waals surface area contributed by atoms with Crippen LogP contribution in [0.5, 0.6) is 5.75 Å². The van der Waals surface area contributed by atoms with Gasteiger partial charge in [0, 0.05) is 12.6 Å². The second-order valence-corrected chi connectivity index (χ2v) is 9.17. The van der Waals surface area contributed by atoms with E-state index in [1.165, 1.54) is 0 Å². The summed E-state index contributed by atoms with van der Waals surface area (Å²) < 4.78 is 11.5. The molecule has 5 nitrogen and oxygen atoms in total. The number of anilines is 1. The summed E-state index contributed by atoms with van der Waals surface area (Å²) in [5.74, 6) is 0.792. The van der Waals surface area contributed by atoms with Crippen LogP contribution in [0, 0.1) is 0 Å². The van der Waals surface area contributed by atoms with Crippen LogP contribution < -0.4 is 10.1 Å². The molecule has 1 amide bonds. The molecular formula is C24H30N2O3S. The molecule has 0 radical (unpaired) electrons. The molecule has 2 atom stereocenters. The van der Waals surface area contributed by atoms with Gasteiger partial charge in [-0.25, -0.2) is 4.79 Å². The first-order valence-corrected chi connectivity index (χ1v) is 10.7. The quantitative estimate of drug-likeness (QED) is 0.633. The monoisotopic (exact) mass is 426 g/mol. The number of carbonyl (C=O) groups excluding carboxylic acids is 1. The van der Waals surface area contributed by atoms with Crippen LogP contribution in [-0.4, -0.2) is 33.7 Å². The Kier molecular flexibility index (Phi) is 6.66. The highest BCUT2D eigenvalue weighted by Crippen LogP contribution is 2.31. The molecule has 1 aliphatic rings. The lowest BCUT2D eigenvalue weighted by atomic mass is 10.0. The summed E-state index contributed by atoms with van der Waals surface area (Å²) in [6, 6.07) is 15.9. The highest BCUT2D eigenvalue weighted by atomic mass is 32.1. The summed E-state index contributed by atoms with van der Waals surface area (Å²) in [4.78, 5) is 15.4. The molecule has 0 saturated heterocycles. The predicted molar refractivity (Wildman–Crippen MR) is 124 cm³/mol. The topological polar surface area (TPSA) is 50.8 Å². The van der Waals surface area contributed by atoms with Crippen LogP contribution in [0.2, 0.25) is 0 Å². The van der Waals surface area contributed by atoms with Gasteiger partial charge in [-0.15, -0.1) is 0 Å². The van der Waals surface area contributed by atoms with E-state index in [2.05, 4.69) is 5.32 Å². The maximum atomic E-state index is 13.0. The molecular weight excluding hydrogens is 396 g/mol. The normalized spacial score (nSPS) is 16.7. The zero-order chi connectivity index (χ0) is 21.9. The number of rotatable bonds is 5. The lowest BCUT2D eigenvalue weighted by molar-refractivity contribution is 0.0156. The zero-order valence-electron chi connectivity index (χ0n) is 18.3. The van der Waals surface area contributed by atoms with Crippen molar-refractivity contribution in [3.63, 3.8) is 0 Å². The van der Waals surface area contributed by atoms with Crippen LogP contribution in [0.1, 0.15) is 45.7 Å². The van der Waals surface area contributed by atoms with Gasteiger partial charge in [0.05, 0.1) is 5.69 Å². The number of nitrogens with one attached hydrogen (secondary N) is 1. The summed E-state index contributed by atoms with van der Waals surface area (Å²) in [5, 5.41) is 3.25. The first kappa shape index (κ1) is 22.1. The second-order valence-electron chi connectivity index (χ2n) is 8.73. The number of fused-ring (bicyclic) bond motifs is 1. The summed E-state index contributed by atoms with van der Waals surface area (Å²) in [5.41, 5.74) is 2.48. The number of nitrogens with zero attached hydrogens (tertiary/aromatic N) is 1. The number of hydrogen-bond donors (Lipinski definition) is 1. The summed E-state index contributed by atoms with van der Waals surface area (Å²) in [6.45, 7) is 10.1. The Bertz CT molecular complexity index is 908. The first-order valence-electron chi connectivity index (χ1n) is 10.3. The second kappa shape index (κ2) is 9.04. The smallest absolute Gasteiger partial charge is 0.410 e. The van der Waals surface area contributed by atoms with Crippen molar-refractivity contribution in [1.29, 1.82) is 0 Å². The van der Waals surface area contributed by atoms with E-state index in [9.17, 15) is 4.79 Å². The largest absolute Gasteiger partial charge is 0.481 e. The van der Waals surface area contributed by atoms with E-state index in [1.807, 2.05) is 83.1 Å². The number of thiocarbonyl (C=S) groups is 1. The van der Waals surface area contributed by atoms with Crippen LogP contribution in [0.3, 0.4) is 0 Å². The van der Waals surface area contributed by atoms with Crippen LogP contribution >= 0.6 is 12.2 Å². The fourth-order valence-electron chi connectivity index (χ4n) is 3.34. The molecule has 1 heterocycles. The van der Waals surface area contributed by atoms with Crippen molar-refractivity contribution in [2.24, 2.45) is 0 Å². The molecule has 160 valence electrons. The van der Waals surface area contributed by atoms with Crippen molar-refractivity contribution >= 4 is 29.0 Å². The Morgan fingerprint density at radius 1 is 1.20 bits per heavy atom. The summed E-state index contributed by atoms with van der Waals surface area (Å²) >= 11 is 5.33. The SMILES string of the molecule is CC1Oc2ccc(CC(C)N(Cc3ccccc3)C(=O)OC(C)(C)C)cc2NC1=S. The van der Waals surface area contributed by atoms with Crippen LogP contribution in [0.4, 0.5) is 10.5 Å². The molecule has 0 fully saturated rings. The summed E-state index contributed by atoms with van der Waals surface area (Å²) in [7, 11) is 0. The average molecular weight is 427 g/mol. The van der Waals surface area contributed by atoms with Crippen molar-refractivity contribution in [2.75, 3.05) is 5.32 Å². The molecule has 3 rings (SSSR count). The summed E-state index contributed by atoms with van der Waals surface area (Å²) in [6.07, 6.45) is 0.239. The third-order valence-electron chi connectivity index (χ3n) is 4.86. The van der Waals surface area contributed by atoms with Gasteiger partial charge in [-0.05, 0) is 64.3 Å². The molecule has 1 N–H and O–H groups in total. The Morgan fingerprint density at radius 3 is 2.57 bits per heavy atom. The van der Waals surface area contributed by atoms with Gasteiger partial charge >= 0.3 is 6.09 Å². The lowest BCUT2D eigenvalue weighted by Gasteiger charge is -2.32. The Labute approximate surface area is 184 Å². The van der Waals surface area contributed by atoms with Crippen molar-refractivity contribution < 1.29 is 14.3 Å². The number of benzene rings is 2.